The molecule has 3 aromatic rings. The number of carbonyl (C=O) groups is 1. The first-order chi connectivity index (χ1) is 15.5. The van der Waals surface area contributed by atoms with E-state index in [1.165, 1.54) is 0 Å². The van der Waals surface area contributed by atoms with Gasteiger partial charge in [0.25, 0.3) is 5.91 Å². The number of aromatic nitrogens is 3. The molecule has 7 heteroatoms. The predicted octanol–water partition coefficient (Wildman–Crippen LogP) is 4.27. The molecule has 0 saturated carbocycles. The van der Waals surface area contributed by atoms with Gasteiger partial charge in [-0.15, -0.1) is 0 Å². The molecule has 5 rings (SSSR count). The average molecular weight is 430 g/mol. The van der Waals surface area contributed by atoms with Crippen molar-refractivity contribution < 1.29 is 9.53 Å². The summed E-state index contributed by atoms with van der Waals surface area (Å²) in [6.45, 7) is 5.44. The SMILES string of the molecule is Cc1cccc(Nc2cncc(C3CCN(C(=O)c4ccc5c(c4)C[C@@H](C)O5)CC3)n2)n1. The zero-order chi connectivity index (χ0) is 22.1. The molecule has 32 heavy (non-hydrogen) atoms. The van der Waals surface area contributed by atoms with Crippen LogP contribution in [0.25, 0.3) is 0 Å². The second-order valence-electron chi connectivity index (χ2n) is 8.64. The molecule has 2 aromatic heterocycles. The van der Waals surface area contributed by atoms with Crippen LogP contribution < -0.4 is 10.1 Å². The first kappa shape index (κ1) is 20.4. The lowest BCUT2D eigenvalue weighted by molar-refractivity contribution is 0.0712. The molecule has 7 nitrogen and oxygen atoms in total. The summed E-state index contributed by atoms with van der Waals surface area (Å²) in [6, 6.07) is 11.6. The van der Waals surface area contributed by atoms with Crippen LogP contribution in [0.1, 0.15) is 53.0 Å². The molecule has 2 aliphatic rings. The molecular formula is C25H27N5O2. The van der Waals surface area contributed by atoms with E-state index in [9.17, 15) is 4.79 Å². The van der Waals surface area contributed by atoms with Gasteiger partial charge in [0, 0.05) is 42.9 Å². The third-order valence-electron chi connectivity index (χ3n) is 6.14. The Labute approximate surface area is 187 Å². The van der Waals surface area contributed by atoms with Gasteiger partial charge in [0.2, 0.25) is 0 Å². The van der Waals surface area contributed by atoms with Gasteiger partial charge in [0.05, 0.1) is 11.9 Å². The lowest BCUT2D eigenvalue weighted by Gasteiger charge is -2.32. The average Bonchev–Trinajstić information content (AvgIpc) is 3.18. The number of aryl methyl sites for hydroxylation is 1. The Hall–Kier alpha value is -3.48. The maximum Gasteiger partial charge on any atom is 0.253 e. The Morgan fingerprint density at radius 2 is 1.94 bits per heavy atom. The van der Waals surface area contributed by atoms with Crippen LogP contribution in [0.5, 0.6) is 5.75 Å². The number of hydrogen-bond acceptors (Lipinski definition) is 6. The van der Waals surface area contributed by atoms with Crippen molar-refractivity contribution in [1.29, 1.82) is 0 Å². The summed E-state index contributed by atoms with van der Waals surface area (Å²) in [7, 11) is 0. The van der Waals surface area contributed by atoms with Gasteiger partial charge < -0.3 is 15.0 Å². The summed E-state index contributed by atoms with van der Waals surface area (Å²) < 4.78 is 5.76. The molecule has 0 radical (unpaired) electrons. The quantitative estimate of drug-likeness (QED) is 0.667. The van der Waals surface area contributed by atoms with Gasteiger partial charge in [-0.1, -0.05) is 6.07 Å². The molecule has 0 aliphatic carbocycles. The van der Waals surface area contributed by atoms with Crippen LogP contribution in [0.4, 0.5) is 11.6 Å². The van der Waals surface area contributed by atoms with E-state index in [-0.39, 0.29) is 17.9 Å². The van der Waals surface area contributed by atoms with Gasteiger partial charge in [-0.05, 0) is 62.6 Å². The van der Waals surface area contributed by atoms with Crippen LogP contribution in [0.2, 0.25) is 0 Å². The molecule has 1 amide bonds. The van der Waals surface area contributed by atoms with Crippen molar-refractivity contribution in [2.45, 2.75) is 45.1 Å². The monoisotopic (exact) mass is 429 g/mol. The number of rotatable bonds is 4. The third-order valence-corrected chi connectivity index (χ3v) is 6.14. The summed E-state index contributed by atoms with van der Waals surface area (Å²) in [5.74, 6) is 2.73. The number of likely N-dealkylation sites (tertiary alicyclic amines) is 1. The van der Waals surface area contributed by atoms with E-state index in [1.54, 1.807) is 6.20 Å². The van der Waals surface area contributed by atoms with E-state index in [0.29, 0.717) is 18.9 Å². The molecule has 1 N–H and O–H groups in total. The predicted molar refractivity (Wildman–Crippen MR) is 122 cm³/mol. The van der Waals surface area contributed by atoms with Crippen LogP contribution in [0.15, 0.2) is 48.8 Å². The van der Waals surface area contributed by atoms with Gasteiger partial charge in [-0.25, -0.2) is 9.97 Å². The van der Waals surface area contributed by atoms with Crippen molar-refractivity contribution >= 4 is 17.5 Å². The van der Waals surface area contributed by atoms with Crippen LogP contribution >= 0.6 is 0 Å². The Balaban J connectivity index is 1.22. The lowest BCUT2D eigenvalue weighted by Crippen LogP contribution is -2.38. The second kappa shape index (κ2) is 8.57. The number of piperidine rings is 1. The van der Waals surface area contributed by atoms with Crippen LogP contribution in [-0.2, 0) is 6.42 Å². The molecule has 1 aromatic carbocycles. The van der Waals surface area contributed by atoms with E-state index in [0.717, 1.165) is 53.3 Å². The van der Waals surface area contributed by atoms with Crippen molar-refractivity contribution in [2.75, 3.05) is 18.4 Å². The lowest BCUT2D eigenvalue weighted by atomic mass is 9.93. The van der Waals surface area contributed by atoms with Gasteiger partial charge >= 0.3 is 0 Å². The second-order valence-corrected chi connectivity index (χ2v) is 8.64. The van der Waals surface area contributed by atoms with Crippen molar-refractivity contribution in [3.63, 3.8) is 0 Å². The molecule has 4 heterocycles. The van der Waals surface area contributed by atoms with Crippen molar-refractivity contribution in [2.24, 2.45) is 0 Å². The number of amides is 1. The summed E-state index contributed by atoms with van der Waals surface area (Å²) in [5.41, 5.74) is 3.78. The Kier molecular flexibility index (Phi) is 5.47. The minimum Gasteiger partial charge on any atom is -0.490 e. The number of nitrogens with zero attached hydrogens (tertiary/aromatic N) is 4. The smallest absolute Gasteiger partial charge is 0.253 e. The minimum atomic E-state index is 0.0952. The fourth-order valence-corrected chi connectivity index (χ4v) is 4.50. The summed E-state index contributed by atoms with van der Waals surface area (Å²) in [6.07, 6.45) is 6.33. The molecule has 2 aliphatic heterocycles. The van der Waals surface area contributed by atoms with Crippen molar-refractivity contribution in [3.05, 3.63) is 71.3 Å². The molecule has 1 atom stereocenters. The summed E-state index contributed by atoms with van der Waals surface area (Å²) in [4.78, 5) is 28.6. The highest BCUT2D eigenvalue weighted by Crippen LogP contribution is 2.31. The first-order valence-electron chi connectivity index (χ1n) is 11.2. The zero-order valence-electron chi connectivity index (χ0n) is 18.4. The molecular weight excluding hydrogens is 402 g/mol. The Morgan fingerprint density at radius 3 is 2.75 bits per heavy atom. The van der Waals surface area contributed by atoms with Gasteiger partial charge in [0.15, 0.2) is 0 Å². The zero-order valence-corrected chi connectivity index (χ0v) is 18.4. The Morgan fingerprint density at radius 1 is 1.09 bits per heavy atom. The van der Waals surface area contributed by atoms with E-state index in [2.05, 4.69) is 22.2 Å². The maximum atomic E-state index is 13.0. The van der Waals surface area contributed by atoms with Gasteiger partial charge in [-0.2, -0.15) is 0 Å². The fraction of sp³-hybridized carbons (Fsp3) is 0.360. The molecule has 0 spiro atoms. The largest absolute Gasteiger partial charge is 0.490 e. The van der Waals surface area contributed by atoms with E-state index in [1.807, 2.05) is 54.4 Å². The number of benzene rings is 1. The maximum absolute atomic E-state index is 13.0. The Bertz CT molecular complexity index is 1140. The van der Waals surface area contributed by atoms with E-state index < -0.39 is 0 Å². The molecule has 164 valence electrons. The first-order valence-corrected chi connectivity index (χ1v) is 11.2. The van der Waals surface area contributed by atoms with Gasteiger partial charge in [-0.3, -0.25) is 9.78 Å². The number of fused-ring (bicyclic) bond motifs is 1. The number of carbonyl (C=O) groups excluding carboxylic acids is 1. The number of ether oxygens (including phenoxy) is 1. The minimum absolute atomic E-state index is 0.0952. The highest BCUT2D eigenvalue weighted by Gasteiger charge is 2.27. The standard InChI is InChI=1S/C25H27N5O2/c1-16-4-3-5-23(27-16)29-24-15-26-14-21(28-24)18-8-10-30(11-9-18)25(31)19-6-7-22-20(13-19)12-17(2)32-22/h3-7,13-15,17-18H,8-12H2,1-2H3,(H,27,28,29)/t17-/m1/s1. The summed E-state index contributed by atoms with van der Waals surface area (Å²) >= 11 is 0. The van der Waals surface area contributed by atoms with Crippen LogP contribution in [0.3, 0.4) is 0 Å². The molecule has 0 bridgehead atoms. The molecule has 1 saturated heterocycles. The van der Waals surface area contributed by atoms with Gasteiger partial charge in [0.1, 0.15) is 23.5 Å². The third kappa shape index (κ3) is 4.28. The molecule has 1 fully saturated rings. The topological polar surface area (TPSA) is 80.2 Å². The van der Waals surface area contributed by atoms with Crippen LogP contribution in [-0.4, -0.2) is 45.0 Å². The molecule has 0 unspecified atom stereocenters. The highest BCUT2D eigenvalue weighted by atomic mass is 16.5. The van der Waals surface area contributed by atoms with E-state index >= 15 is 0 Å². The number of pyridine rings is 1. The summed E-state index contributed by atoms with van der Waals surface area (Å²) in [5, 5.41) is 3.24. The number of anilines is 2. The van der Waals surface area contributed by atoms with Crippen molar-refractivity contribution in [1.82, 2.24) is 19.9 Å². The fourth-order valence-electron chi connectivity index (χ4n) is 4.50. The highest BCUT2D eigenvalue weighted by molar-refractivity contribution is 5.94. The van der Waals surface area contributed by atoms with Crippen molar-refractivity contribution in [3.8, 4) is 5.75 Å². The van der Waals surface area contributed by atoms with E-state index in [4.69, 9.17) is 9.72 Å². The number of hydrogen-bond donors (Lipinski definition) is 1. The van der Waals surface area contributed by atoms with Crippen LogP contribution in [0, 0.1) is 6.92 Å². The normalized spacial score (nSPS) is 18.2. The number of nitrogens with one attached hydrogen (secondary N) is 1.